The molecule has 0 unspecified atom stereocenters. The molecule has 6 heteroatoms. The zero-order valence-electron chi connectivity index (χ0n) is 13.3. The third-order valence-corrected chi connectivity index (χ3v) is 6.20. The minimum Gasteiger partial charge on any atom is -0.337 e. The van der Waals surface area contributed by atoms with E-state index < -0.39 is 0 Å². The Morgan fingerprint density at radius 3 is 2.74 bits per heavy atom. The largest absolute Gasteiger partial charge is 0.337 e. The van der Waals surface area contributed by atoms with E-state index in [0.29, 0.717) is 29.9 Å². The summed E-state index contributed by atoms with van der Waals surface area (Å²) in [5.41, 5.74) is 1.06. The van der Waals surface area contributed by atoms with Crippen LogP contribution in [-0.2, 0) is 22.6 Å². The quantitative estimate of drug-likeness (QED) is 0.921. The number of nitrogens with zero attached hydrogens (tertiary/aromatic N) is 2. The summed E-state index contributed by atoms with van der Waals surface area (Å²) in [5, 5.41) is 3.63. The lowest BCUT2D eigenvalue weighted by Gasteiger charge is -2.27. The molecule has 124 valence electrons. The Morgan fingerprint density at radius 2 is 2.00 bits per heavy atom. The van der Waals surface area contributed by atoms with Gasteiger partial charge in [-0.05, 0) is 31.6 Å². The number of thiazole rings is 1. The molecule has 0 spiro atoms. The summed E-state index contributed by atoms with van der Waals surface area (Å²) in [6, 6.07) is 0. The van der Waals surface area contributed by atoms with Crippen molar-refractivity contribution in [2.75, 3.05) is 11.9 Å². The van der Waals surface area contributed by atoms with Crippen LogP contribution in [0.1, 0.15) is 55.5 Å². The molecule has 1 N–H and O–H groups in total. The maximum Gasteiger partial charge on any atom is 0.229 e. The summed E-state index contributed by atoms with van der Waals surface area (Å²) in [5.74, 6) is 1.18. The monoisotopic (exact) mass is 333 g/mol. The Morgan fingerprint density at radius 1 is 1.22 bits per heavy atom. The second-order valence-corrected chi connectivity index (χ2v) is 8.16. The van der Waals surface area contributed by atoms with Crippen LogP contribution in [0.2, 0.25) is 0 Å². The first-order valence-electron chi connectivity index (χ1n) is 8.76. The number of amides is 2. The van der Waals surface area contributed by atoms with E-state index >= 15 is 0 Å². The average Bonchev–Trinajstić information content (AvgIpc) is 3.13. The maximum absolute atomic E-state index is 12.5. The fraction of sp³-hybridized carbons (Fsp3) is 0.706. The topological polar surface area (TPSA) is 62.3 Å². The van der Waals surface area contributed by atoms with Gasteiger partial charge in [-0.3, -0.25) is 9.59 Å². The molecule has 1 aliphatic heterocycles. The number of carbonyl (C=O) groups is 2. The van der Waals surface area contributed by atoms with Gasteiger partial charge in [0, 0.05) is 30.2 Å². The summed E-state index contributed by atoms with van der Waals surface area (Å²) >= 11 is 1.54. The molecule has 2 heterocycles. The van der Waals surface area contributed by atoms with Crippen LogP contribution in [0, 0.1) is 11.8 Å². The lowest BCUT2D eigenvalue weighted by Crippen LogP contribution is -2.36. The average molecular weight is 333 g/mol. The van der Waals surface area contributed by atoms with Crippen LogP contribution in [-0.4, -0.2) is 28.2 Å². The summed E-state index contributed by atoms with van der Waals surface area (Å²) in [6.07, 6.45) is 8.50. The van der Waals surface area contributed by atoms with Crippen LogP contribution in [0.4, 0.5) is 5.13 Å². The Hall–Kier alpha value is -1.43. The van der Waals surface area contributed by atoms with Gasteiger partial charge >= 0.3 is 0 Å². The molecule has 1 aromatic heterocycles. The van der Waals surface area contributed by atoms with E-state index in [-0.39, 0.29) is 11.8 Å². The van der Waals surface area contributed by atoms with Gasteiger partial charge in [-0.1, -0.05) is 24.2 Å². The molecule has 1 aromatic rings. The van der Waals surface area contributed by atoms with E-state index in [9.17, 15) is 9.59 Å². The zero-order chi connectivity index (χ0) is 15.8. The molecule has 3 aliphatic rings. The van der Waals surface area contributed by atoms with E-state index in [2.05, 4.69) is 10.3 Å². The highest BCUT2D eigenvalue weighted by Crippen LogP contribution is 2.34. The Balaban J connectivity index is 1.37. The molecule has 0 radical (unpaired) electrons. The Labute approximate surface area is 140 Å². The first kappa shape index (κ1) is 15.1. The lowest BCUT2D eigenvalue weighted by atomic mass is 10.0. The molecule has 4 rings (SSSR count). The SMILES string of the molecule is O=C(Nc1nc2c(s1)CN(C(=O)CC1CCCC1)CC2)C1CC1. The van der Waals surface area contributed by atoms with Crippen LogP contribution < -0.4 is 5.32 Å². The van der Waals surface area contributed by atoms with E-state index in [0.717, 1.165) is 36.4 Å². The van der Waals surface area contributed by atoms with Crippen molar-refractivity contribution >= 4 is 28.3 Å². The van der Waals surface area contributed by atoms with Crippen molar-refractivity contribution in [2.24, 2.45) is 11.8 Å². The molecule has 5 nitrogen and oxygen atoms in total. The number of rotatable bonds is 4. The van der Waals surface area contributed by atoms with E-state index in [4.69, 9.17) is 0 Å². The smallest absolute Gasteiger partial charge is 0.229 e. The van der Waals surface area contributed by atoms with Gasteiger partial charge < -0.3 is 10.2 Å². The number of hydrogen-bond donors (Lipinski definition) is 1. The predicted molar refractivity (Wildman–Crippen MR) is 89.2 cm³/mol. The van der Waals surface area contributed by atoms with Gasteiger partial charge in [0.1, 0.15) is 0 Å². The standard InChI is InChI=1S/C17H23N3O2S/c21-15(9-11-3-1-2-4-11)20-8-7-13-14(10-20)23-17(18-13)19-16(22)12-5-6-12/h11-12H,1-10H2,(H,18,19,22). The van der Waals surface area contributed by atoms with Crippen molar-refractivity contribution in [1.82, 2.24) is 9.88 Å². The van der Waals surface area contributed by atoms with Crippen LogP contribution >= 0.6 is 11.3 Å². The van der Waals surface area contributed by atoms with Gasteiger partial charge in [0.2, 0.25) is 11.8 Å². The van der Waals surface area contributed by atoms with Gasteiger partial charge in [0.05, 0.1) is 12.2 Å². The molecule has 0 aromatic carbocycles. The van der Waals surface area contributed by atoms with Gasteiger partial charge in [-0.2, -0.15) is 0 Å². The number of carbonyl (C=O) groups excluding carboxylic acids is 2. The Bertz CT molecular complexity index is 617. The second-order valence-electron chi connectivity index (χ2n) is 7.07. The number of anilines is 1. The number of hydrogen-bond acceptors (Lipinski definition) is 4. The molecule has 23 heavy (non-hydrogen) atoms. The van der Waals surface area contributed by atoms with Gasteiger partial charge in [0.25, 0.3) is 0 Å². The van der Waals surface area contributed by atoms with Gasteiger partial charge in [-0.15, -0.1) is 0 Å². The molecular formula is C17H23N3O2S. The molecule has 0 atom stereocenters. The number of nitrogens with one attached hydrogen (secondary N) is 1. The fourth-order valence-electron chi connectivity index (χ4n) is 3.61. The first-order valence-corrected chi connectivity index (χ1v) is 9.58. The molecule has 2 saturated carbocycles. The Kier molecular flexibility index (Phi) is 4.09. The third-order valence-electron chi connectivity index (χ3n) is 5.20. The molecule has 0 saturated heterocycles. The van der Waals surface area contributed by atoms with Crippen LogP contribution in [0.15, 0.2) is 0 Å². The lowest BCUT2D eigenvalue weighted by molar-refractivity contribution is -0.133. The molecule has 2 aliphatic carbocycles. The minimum atomic E-state index is 0.102. The highest BCUT2D eigenvalue weighted by atomic mass is 32.1. The van der Waals surface area contributed by atoms with Crippen molar-refractivity contribution in [3.63, 3.8) is 0 Å². The van der Waals surface area contributed by atoms with Crippen molar-refractivity contribution in [1.29, 1.82) is 0 Å². The van der Waals surface area contributed by atoms with Crippen molar-refractivity contribution in [2.45, 2.75) is 57.9 Å². The van der Waals surface area contributed by atoms with Crippen LogP contribution in [0.25, 0.3) is 0 Å². The van der Waals surface area contributed by atoms with E-state index in [1.165, 1.54) is 37.0 Å². The zero-order valence-corrected chi connectivity index (χ0v) is 14.2. The van der Waals surface area contributed by atoms with Crippen LogP contribution in [0.3, 0.4) is 0 Å². The van der Waals surface area contributed by atoms with E-state index in [1.807, 2.05) is 4.90 Å². The third kappa shape index (κ3) is 3.42. The maximum atomic E-state index is 12.5. The number of aromatic nitrogens is 1. The molecule has 2 amide bonds. The highest BCUT2D eigenvalue weighted by molar-refractivity contribution is 7.15. The fourth-order valence-corrected chi connectivity index (χ4v) is 4.63. The first-order chi connectivity index (χ1) is 11.2. The van der Waals surface area contributed by atoms with E-state index in [1.54, 1.807) is 0 Å². The summed E-state index contributed by atoms with van der Waals surface area (Å²) in [4.78, 5) is 32.0. The predicted octanol–water partition coefficient (Wildman–Crippen LogP) is 2.96. The van der Waals surface area contributed by atoms with Crippen molar-refractivity contribution in [3.8, 4) is 0 Å². The van der Waals surface area contributed by atoms with Crippen molar-refractivity contribution in [3.05, 3.63) is 10.6 Å². The summed E-state index contributed by atoms with van der Waals surface area (Å²) < 4.78 is 0. The molecular weight excluding hydrogens is 310 g/mol. The minimum absolute atomic E-state index is 0.102. The number of fused-ring (bicyclic) bond motifs is 1. The normalized spacial score (nSPS) is 21.3. The summed E-state index contributed by atoms with van der Waals surface area (Å²) in [7, 11) is 0. The van der Waals surface area contributed by atoms with Gasteiger partial charge in [0.15, 0.2) is 5.13 Å². The second kappa shape index (κ2) is 6.23. The van der Waals surface area contributed by atoms with Crippen molar-refractivity contribution < 1.29 is 9.59 Å². The molecule has 2 fully saturated rings. The molecule has 0 bridgehead atoms. The van der Waals surface area contributed by atoms with Crippen LogP contribution in [0.5, 0.6) is 0 Å². The summed E-state index contributed by atoms with van der Waals surface area (Å²) in [6.45, 7) is 1.43. The van der Waals surface area contributed by atoms with Gasteiger partial charge in [-0.25, -0.2) is 4.98 Å². The highest BCUT2D eigenvalue weighted by Gasteiger charge is 2.31.